The lowest BCUT2D eigenvalue weighted by Crippen LogP contribution is -2.34. The first-order valence-electron chi connectivity index (χ1n) is 5.79. The van der Waals surface area contributed by atoms with Crippen LogP contribution in [0.5, 0.6) is 0 Å². The van der Waals surface area contributed by atoms with Crippen LogP contribution in [0.1, 0.15) is 35.7 Å². The smallest absolute Gasteiger partial charge is 0.367 e. The van der Waals surface area contributed by atoms with Crippen molar-refractivity contribution >= 4 is 5.78 Å². The van der Waals surface area contributed by atoms with Crippen LogP contribution < -0.4 is 0 Å². The van der Waals surface area contributed by atoms with E-state index in [1.54, 1.807) is 6.92 Å². The van der Waals surface area contributed by atoms with Crippen molar-refractivity contribution in [2.75, 3.05) is 6.61 Å². The molecule has 0 bridgehead atoms. The van der Waals surface area contributed by atoms with Crippen molar-refractivity contribution in [1.82, 2.24) is 0 Å². The third-order valence-corrected chi connectivity index (χ3v) is 3.23. The van der Waals surface area contributed by atoms with E-state index >= 15 is 0 Å². The number of ether oxygens (including phenoxy) is 1. The minimum Gasteiger partial charge on any atom is -0.367 e. The molecule has 0 spiro atoms. The summed E-state index contributed by atoms with van der Waals surface area (Å²) in [6.07, 6.45) is -3.70. The molecule has 6 heteroatoms. The zero-order chi connectivity index (χ0) is 14.3. The molecule has 1 heterocycles. The van der Waals surface area contributed by atoms with Crippen molar-refractivity contribution in [3.8, 4) is 0 Å². The second-order valence-corrected chi connectivity index (χ2v) is 4.70. The molecule has 0 aromatic heterocycles. The van der Waals surface area contributed by atoms with E-state index in [9.17, 15) is 22.4 Å². The molecule has 1 aromatic carbocycles. The van der Waals surface area contributed by atoms with Crippen molar-refractivity contribution in [1.29, 1.82) is 0 Å². The van der Waals surface area contributed by atoms with Gasteiger partial charge in [0.05, 0.1) is 5.56 Å². The maximum atomic E-state index is 13.1. The van der Waals surface area contributed by atoms with Gasteiger partial charge in [0.2, 0.25) is 0 Å². The van der Waals surface area contributed by atoms with Crippen LogP contribution in [0.2, 0.25) is 0 Å². The predicted octanol–water partition coefficient (Wildman–Crippen LogP) is 3.60. The molecule has 1 fully saturated rings. The highest BCUT2D eigenvalue weighted by Gasteiger charge is 2.40. The molecule has 0 radical (unpaired) electrons. The highest BCUT2D eigenvalue weighted by atomic mass is 19.4. The summed E-state index contributed by atoms with van der Waals surface area (Å²) in [5.41, 5.74) is -2.72. The van der Waals surface area contributed by atoms with Gasteiger partial charge in [0.25, 0.3) is 0 Å². The average Bonchev–Trinajstić information content (AvgIpc) is 2.76. The monoisotopic (exact) mass is 276 g/mol. The Labute approximate surface area is 107 Å². The SMILES string of the molecule is CC1(C(=O)c2ccc(F)c(C(F)(F)F)c2)CCCO1. The first-order chi connectivity index (χ1) is 8.74. The number of Topliss-reactive ketones (excluding diaryl/α,β-unsaturated/α-hetero) is 1. The molecule has 0 amide bonds. The number of carbonyl (C=O) groups is 1. The molecule has 2 nitrogen and oxygen atoms in total. The molecule has 19 heavy (non-hydrogen) atoms. The van der Waals surface area contributed by atoms with Crippen molar-refractivity contribution in [3.05, 3.63) is 35.1 Å². The van der Waals surface area contributed by atoms with Gasteiger partial charge in [-0.3, -0.25) is 4.79 Å². The fraction of sp³-hybridized carbons (Fsp3) is 0.462. The Bertz CT molecular complexity index is 502. The largest absolute Gasteiger partial charge is 0.419 e. The molecule has 0 aliphatic carbocycles. The van der Waals surface area contributed by atoms with Crippen LogP contribution in [0.25, 0.3) is 0 Å². The summed E-state index contributed by atoms with van der Waals surface area (Å²) in [5.74, 6) is -1.93. The second-order valence-electron chi connectivity index (χ2n) is 4.70. The van der Waals surface area contributed by atoms with Gasteiger partial charge in [0.15, 0.2) is 5.78 Å². The Kier molecular flexibility index (Phi) is 3.38. The third-order valence-electron chi connectivity index (χ3n) is 3.23. The molecular formula is C13H12F4O2. The van der Waals surface area contributed by atoms with Crippen LogP contribution in [0.15, 0.2) is 18.2 Å². The van der Waals surface area contributed by atoms with Gasteiger partial charge < -0.3 is 4.74 Å². The molecular weight excluding hydrogens is 264 g/mol. The Morgan fingerprint density at radius 2 is 2.05 bits per heavy atom. The van der Waals surface area contributed by atoms with E-state index in [-0.39, 0.29) is 5.56 Å². The van der Waals surface area contributed by atoms with Gasteiger partial charge in [-0.15, -0.1) is 0 Å². The number of alkyl halides is 3. The summed E-state index contributed by atoms with van der Waals surface area (Å²) in [4.78, 5) is 12.1. The van der Waals surface area contributed by atoms with Crippen molar-refractivity contribution in [2.24, 2.45) is 0 Å². The zero-order valence-corrected chi connectivity index (χ0v) is 10.2. The third kappa shape index (κ3) is 2.63. The molecule has 2 rings (SSSR count). The fourth-order valence-electron chi connectivity index (χ4n) is 2.15. The predicted molar refractivity (Wildman–Crippen MR) is 59.3 cm³/mol. The minimum absolute atomic E-state index is 0.182. The lowest BCUT2D eigenvalue weighted by atomic mass is 9.91. The number of benzene rings is 1. The quantitative estimate of drug-likeness (QED) is 0.609. The summed E-state index contributed by atoms with van der Waals surface area (Å²) in [5, 5.41) is 0. The van der Waals surface area contributed by atoms with Gasteiger partial charge in [0, 0.05) is 12.2 Å². The van der Waals surface area contributed by atoms with Crippen LogP contribution in [0.3, 0.4) is 0 Å². The maximum Gasteiger partial charge on any atom is 0.419 e. The van der Waals surface area contributed by atoms with Gasteiger partial charge >= 0.3 is 6.18 Å². The highest BCUT2D eigenvalue weighted by Crippen LogP contribution is 2.34. The molecule has 1 aliphatic rings. The van der Waals surface area contributed by atoms with E-state index in [2.05, 4.69) is 0 Å². The molecule has 1 aromatic rings. The van der Waals surface area contributed by atoms with E-state index in [4.69, 9.17) is 4.74 Å². The normalized spacial score (nSPS) is 23.6. The Morgan fingerprint density at radius 3 is 2.58 bits per heavy atom. The molecule has 1 saturated heterocycles. The summed E-state index contributed by atoms with van der Waals surface area (Å²) in [6, 6.07) is 2.26. The number of rotatable bonds is 2. The first kappa shape index (κ1) is 14.0. The van der Waals surface area contributed by atoms with Gasteiger partial charge in [0.1, 0.15) is 11.4 Å². The van der Waals surface area contributed by atoms with Crippen molar-refractivity contribution in [3.63, 3.8) is 0 Å². The van der Waals surface area contributed by atoms with Crippen LogP contribution in [0, 0.1) is 5.82 Å². The number of hydrogen-bond donors (Lipinski definition) is 0. The Hall–Kier alpha value is -1.43. The molecule has 0 N–H and O–H groups in total. The van der Waals surface area contributed by atoms with Crippen LogP contribution in [-0.4, -0.2) is 18.0 Å². The summed E-state index contributed by atoms with van der Waals surface area (Å²) < 4.78 is 56.2. The molecule has 1 aliphatic heterocycles. The topological polar surface area (TPSA) is 26.3 Å². The van der Waals surface area contributed by atoms with Gasteiger partial charge in [-0.2, -0.15) is 13.2 Å². The Balaban J connectivity index is 2.39. The van der Waals surface area contributed by atoms with Gasteiger partial charge in [-0.1, -0.05) is 0 Å². The molecule has 1 atom stereocenters. The number of hydrogen-bond acceptors (Lipinski definition) is 2. The lowest BCUT2D eigenvalue weighted by molar-refractivity contribution is -0.140. The van der Waals surface area contributed by atoms with E-state index in [0.717, 1.165) is 6.07 Å². The average molecular weight is 276 g/mol. The molecule has 104 valence electrons. The van der Waals surface area contributed by atoms with Crippen LogP contribution >= 0.6 is 0 Å². The van der Waals surface area contributed by atoms with E-state index in [0.29, 0.717) is 31.6 Å². The fourth-order valence-corrected chi connectivity index (χ4v) is 2.15. The summed E-state index contributed by atoms with van der Waals surface area (Å²) in [7, 11) is 0. The van der Waals surface area contributed by atoms with Crippen molar-refractivity contribution < 1.29 is 27.1 Å². The minimum atomic E-state index is -4.82. The summed E-state index contributed by atoms with van der Waals surface area (Å²) >= 11 is 0. The van der Waals surface area contributed by atoms with Crippen LogP contribution in [-0.2, 0) is 10.9 Å². The number of ketones is 1. The van der Waals surface area contributed by atoms with Gasteiger partial charge in [-0.25, -0.2) is 4.39 Å². The van der Waals surface area contributed by atoms with E-state index in [1.807, 2.05) is 0 Å². The highest BCUT2D eigenvalue weighted by molar-refractivity contribution is 6.02. The molecule has 0 saturated carbocycles. The van der Waals surface area contributed by atoms with E-state index < -0.39 is 28.9 Å². The number of carbonyl (C=O) groups excluding carboxylic acids is 1. The first-order valence-corrected chi connectivity index (χ1v) is 5.79. The molecule has 1 unspecified atom stereocenters. The van der Waals surface area contributed by atoms with Crippen molar-refractivity contribution in [2.45, 2.75) is 31.5 Å². The standard InChI is InChI=1S/C13H12F4O2/c1-12(5-2-6-19-12)11(18)8-3-4-10(14)9(7-8)13(15,16)17/h3-4,7H,2,5-6H2,1H3. The van der Waals surface area contributed by atoms with Gasteiger partial charge in [-0.05, 0) is 38.0 Å². The van der Waals surface area contributed by atoms with E-state index in [1.165, 1.54) is 0 Å². The Morgan fingerprint density at radius 1 is 1.37 bits per heavy atom. The number of halogens is 4. The second kappa shape index (κ2) is 4.59. The maximum absolute atomic E-state index is 13.1. The summed E-state index contributed by atoms with van der Waals surface area (Å²) in [6.45, 7) is 1.94. The van der Waals surface area contributed by atoms with Crippen LogP contribution in [0.4, 0.5) is 17.6 Å². The zero-order valence-electron chi connectivity index (χ0n) is 10.2. The lowest BCUT2D eigenvalue weighted by Gasteiger charge is -2.22.